The lowest BCUT2D eigenvalue weighted by molar-refractivity contribution is -0.116. The lowest BCUT2D eigenvalue weighted by Gasteiger charge is -2.16. The molecule has 204 valence electrons. The highest BCUT2D eigenvalue weighted by molar-refractivity contribution is 6.32. The first-order chi connectivity index (χ1) is 18.7. The van der Waals surface area contributed by atoms with Crippen LogP contribution in [0.4, 0.5) is 25.0 Å². The number of ether oxygens (including phenoxy) is 1. The molecular weight excluding hydrogens is 532 g/mol. The van der Waals surface area contributed by atoms with E-state index in [1.165, 1.54) is 6.92 Å². The highest BCUT2D eigenvalue weighted by Crippen LogP contribution is 2.35. The van der Waals surface area contributed by atoms with E-state index in [2.05, 4.69) is 25.9 Å². The molecule has 12 heteroatoms. The predicted octanol–water partition coefficient (Wildman–Crippen LogP) is 6.03. The fourth-order valence-electron chi connectivity index (χ4n) is 4.09. The molecule has 1 aliphatic heterocycles. The number of carbonyl (C=O) groups is 3. The van der Waals surface area contributed by atoms with Gasteiger partial charge in [-0.05, 0) is 62.6 Å². The molecule has 2 aromatic carbocycles. The number of benzene rings is 2. The number of anilines is 2. The molecule has 0 radical (unpaired) electrons. The number of fused-ring (bicyclic) bond motifs is 4. The highest BCUT2D eigenvalue weighted by atomic mass is 35.5. The van der Waals surface area contributed by atoms with E-state index in [1.54, 1.807) is 37.3 Å². The number of allylic oxidation sites excluding steroid dienone is 1. The second-order valence-corrected chi connectivity index (χ2v) is 9.19. The predicted molar refractivity (Wildman–Crippen MR) is 143 cm³/mol. The van der Waals surface area contributed by atoms with Gasteiger partial charge in [-0.1, -0.05) is 23.8 Å². The molecule has 0 saturated heterocycles. The van der Waals surface area contributed by atoms with Crippen molar-refractivity contribution in [3.63, 3.8) is 0 Å². The molecule has 4 N–H and O–H groups in total. The molecule has 4 rings (SSSR count). The molecule has 0 aliphatic carbocycles. The van der Waals surface area contributed by atoms with Crippen LogP contribution in [0.1, 0.15) is 54.0 Å². The molecule has 1 aliphatic rings. The molecule has 2 heterocycles. The Morgan fingerprint density at radius 1 is 1.18 bits per heavy atom. The Morgan fingerprint density at radius 2 is 1.92 bits per heavy atom. The number of nitrogens with one attached hydrogen (secondary N) is 4. The number of hydrogen-bond donors (Lipinski definition) is 4. The minimum Gasteiger partial charge on any atom is -0.450 e. The Kier molecular flexibility index (Phi) is 8.60. The van der Waals surface area contributed by atoms with Gasteiger partial charge in [0.05, 0.1) is 18.3 Å². The first-order valence-corrected chi connectivity index (χ1v) is 12.6. The van der Waals surface area contributed by atoms with Crippen molar-refractivity contribution < 1.29 is 27.9 Å². The van der Waals surface area contributed by atoms with Gasteiger partial charge in [0.2, 0.25) is 5.91 Å². The van der Waals surface area contributed by atoms with E-state index >= 15 is 0 Å². The van der Waals surface area contributed by atoms with Gasteiger partial charge in [-0.15, -0.1) is 0 Å². The number of amides is 3. The number of carbonyl (C=O) groups excluding carboxylic acids is 3. The van der Waals surface area contributed by atoms with Crippen molar-refractivity contribution in [3.05, 3.63) is 76.2 Å². The average molecular weight is 558 g/mol. The summed E-state index contributed by atoms with van der Waals surface area (Å²) in [7, 11) is 0. The van der Waals surface area contributed by atoms with Gasteiger partial charge in [0.25, 0.3) is 5.91 Å². The lowest BCUT2D eigenvalue weighted by atomic mass is 10.1. The second kappa shape index (κ2) is 12.1. The van der Waals surface area contributed by atoms with Crippen LogP contribution in [0.15, 0.2) is 42.5 Å². The summed E-state index contributed by atoms with van der Waals surface area (Å²) >= 11 is 6.50. The number of halogens is 3. The van der Waals surface area contributed by atoms with E-state index < -0.39 is 35.2 Å². The number of imidazole rings is 1. The van der Waals surface area contributed by atoms with Crippen LogP contribution in [0.3, 0.4) is 0 Å². The van der Waals surface area contributed by atoms with Gasteiger partial charge in [0, 0.05) is 17.7 Å². The zero-order valence-electron chi connectivity index (χ0n) is 21.2. The van der Waals surface area contributed by atoms with E-state index in [9.17, 15) is 23.2 Å². The van der Waals surface area contributed by atoms with Crippen LogP contribution >= 0.6 is 11.6 Å². The Bertz CT molecular complexity index is 1430. The van der Waals surface area contributed by atoms with Gasteiger partial charge < -0.3 is 20.4 Å². The molecule has 3 amide bonds. The molecule has 9 nitrogen and oxygen atoms in total. The first kappa shape index (κ1) is 27.8. The van der Waals surface area contributed by atoms with Crippen molar-refractivity contribution in [2.24, 2.45) is 0 Å². The quantitative estimate of drug-likeness (QED) is 0.291. The minimum absolute atomic E-state index is 0.111. The smallest absolute Gasteiger partial charge is 0.411 e. The molecule has 2 bridgehead atoms. The van der Waals surface area contributed by atoms with Crippen LogP contribution in [-0.4, -0.2) is 34.5 Å². The fourth-order valence-corrected chi connectivity index (χ4v) is 4.33. The molecule has 3 aromatic rings. The monoisotopic (exact) mass is 557 g/mol. The van der Waals surface area contributed by atoms with Gasteiger partial charge in [-0.25, -0.2) is 18.6 Å². The molecule has 1 aromatic heterocycles. The summed E-state index contributed by atoms with van der Waals surface area (Å²) in [4.78, 5) is 44.9. The zero-order chi connectivity index (χ0) is 28.1. The number of aromatic amines is 1. The van der Waals surface area contributed by atoms with Gasteiger partial charge >= 0.3 is 6.09 Å². The highest BCUT2D eigenvalue weighted by Gasteiger charge is 2.25. The van der Waals surface area contributed by atoms with Crippen molar-refractivity contribution in [1.82, 2.24) is 15.3 Å². The number of aromatic nitrogens is 2. The number of H-pyrrole nitrogens is 1. The summed E-state index contributed by atoms with van der Waals surface area (Å²) in [6.45, 7) is 3.39. The SMILES string of the molecule is CCOC(=O)Nc1ccc2c(c1)NC(=O)CCC=CC[C@H](NC(=O)c1c(F)cc(C)cc1F)c1nc-2c(Cl)[nH]1. The van der Waals surface area contributed by atoms with Gasteiger partial charge in [-0.2, -0.15) is 0 Å². The summed E-state index contributed by atoms with van der Waals surface area (Å²) in [5.41, 5.74) is 1.05. The average Bonchev–Trinajstić information content (AvgIpc) is 3.23. The third-order valence-electron chi connectivity index (χ3n) is 5.87. The third-order valence-corrected chi connectivity index (χ3v) is 6.15. The van der Waals surface area contributed by atoms with Crippen LogP contribution in [-0.2, 0) is 9.53 Å². The largest absolute Gasteiger partial charge is 0.450 e. The number of rotatable bonds is 4. The van der Waals surface area contributed by atoms with Crippen LogP contribution in [0, 0.1) is 18.6 Å². The number of hydrogen-bond acceptors (Lipinski definition) is 5. The van der Waals surface area contributed by atoms with E-state index in [0.717, 1.165) is 12.1 Å². The molecule has 0 unspecified atom stereocenters. The molecule has 0 saturated carbocycles. The minimum atomic E-state index is -0.978. The van der Waals surface area contributed by atoms with Gasteiger partial charge in [0.15, 0.2) is 0 Å². The molecule has 0 spiro atoms. The maximum absolute atomic E-state index is 14.5. The third kappa shape index (κ3) is 6.61. The molecule has 1 atom stereocenters. The Balaban J connectivity index is 1.72. The van der Waals surface area contributed by atoms with Crippen LogP contribution in [0.25, 0.3) is 11.3 Å². The standard InChI is InChI=1S/C27H26ClF2N5O4/c1-3-39-27(38)31-15-9-10-16-20(13-15)32-21(36)8-6-4-5-7-19(25-34-23(16)24(28)35-25)33-26(37)22-17(29)11-14(2)12-18(22)30/h4-5,9-13,19H,3,6-8H2,1-2H3,(H,31,38)(H,32,36)(H,33,37)(H,34,35)/t19-/m0/s1. The Labute approximate surface area is 228 Å². The lowest BCUT2D eigenvalue weighted by Crippen LogP contribution is -2.30. The number of aryl methyl sites for hydroxylation is 1. The summed E-state index contributed by atoms with van der Waals surface area (Å²) in [5.74, 6) is -2.95. The van der Waals surface area contributed by atoms with Gasteiger partial charge in [-0.3, -0.25) is 14.9 Å². The summed E-state index contributed by atoms with van der Waals surface area (Å²) < 4.78 is 33.8. The van der Waals surface area contributed by atoms with Crippen molar-refractivity contribution >= 4 is 40.9 Å². The van der Waals surface area contributed by atoms with Gasteiger partial charge in [0.1, 0.15) is 33.9 Å². The molecular formula is C27H26ClF2N5O4. The van der Waals surface area contributed by atoms with Crippen molar-refractivity contribution in [3.8, 4) is 11.3 Å². The van der Waals surface area contributed by atoms with Crippen LogP contribution in [0.5, 0.6) is 0 Å². The molecule has 39 heavy (non-hydrogen) atoms. The van der Waals surface area contributed by atoms with Crippen LogP contribution < -0.4 is 16.0 Å². The maximum atomic E-state index is 14.5. The summed E-state index contributed by atoms with van der Waals surface area (Å²) in [5, 5.41) is 8.15. The first-order valence-electron chi connectivity index (χ1n) is 12.2. The second-order valence-electron chi connectivity index (χ2n) is 8.81. The Morgan fingerprint density at radius 3 is 2.64 bits per heavy atom. The summed E-state index contributed by atoms with van der Waals surface area (Å²) in [6, 6.07) is 6.09. The Hall–Kier alpha value is -4.25. The normalized spacial score (nSPS) is 15.2. The van der Waals surface area contributed by atoms with Crippen molar-refractivity contribution in [2.45, 2.75) is 39.2 Å². The molecule has 0 fully saturated rings. The maximum Gasteiger partial charge on any atom is 0.411 e. The number of nitrogens with zero attached hydrogens (tertiary/aromatic N) is 1. The van der Waals surface area contributed by atoms with E-state index in [-0.39, 0.29) is 42.0 Å². The fraction of sp³-hybridized carbons (Fsp3) is 0.259. The van der Waals surface area contributed by atoms with E-state index in [4.69, 9.17) is 16.3 Å². The van der Waals surface area contributed by atoms with E-state index in [1.807, 2.05) is 0 Å². The van der Waals surface area contributed by atoms with E-state index in [0.29, 0.717) is 28.9 Å². The van der Waals surface area contributed by atoms with Crippen molar-refractivity contribution in [1.29, 1.82) is 0 Å². The zero-order valence-corrected chi connectivity index (χ0v) is 21.9. The topological polar surface area (TPSA) is 125 Å². The van der Waals surface area contributed by atoms with Crippen LogP contribution in [0.2, 0.25) is 5.15 Å². The van der Waals surface area contributed by atoms with Crippen molar-refractivity contribution in [2.75, 3.05) is 17.2 Å². The summed E-state index contributed by atoms with van der Waals surface area (Å²) in [6.07, 6.45) is 3.60.